The number of carbonyl (C=O) groups is 1. The van der Waals surface area contributed by atoms with Crippen molar-refractivity contribution in [2.45, 2.75) is 63.5 Å². The average molecular weight is 654 g/mol. The summed E-state index contributed by atoms with van der Waals surface area (Å²) in [6, 6.07) is 15.5. The van der Waals surface area contributed by atoms with Crippen molar-refractivity contribution in [2.75, 3.05) is 62.7 Å². The molecule has 246 valence electrons. The van der Waals surface area contributed by atoms with Crippen LogP contribution in [0.3, 0.4) is 0 Å². The van der Waals surface area contributed by atoms with Gasteiger partial charge in [0.15, 0.2) is 0 Å². The smallest absolute Gasteiger partial charge is 0.318 e. The highest BCUT2D eigenvalue weighted by molar-refractivity contribution is 6.36. The van der Waals surface area contributed by atoms with Crippen LogP contribution in [-0.4, -0.2) is 90.7 Å². The number of amides is 1. The number of fused-ring (bicyclic) bond motifs is 2. The molecule has 3 fully saturated rings. The molecular weight excluding hydrogens is 610 g/mol. The minimum atomic E-state index is -0.219. The van der Waals surface area contributed by atoms with Gasteiger partial charge in [-0.15, -0.1) is 0 Å². The molecule has 7 rings (SSSR count). The van der Waals surface area contributed by atoms with Crippen molar-refractivity contribution in [3.63, 3.8) is 0 Å². The predicted molar refractivity (Wildman–Crippen MR) is 186 cm³/mol. The van der Waals surface area contributed by atoms with Crippen molar-refractivity contribution in [3.05, 3.63) is 65.3 Å². The van der Waals surface area contributed by atoms with Crippen molar-refractivity contribution in [1.29, 1.82) is 5.26 Å². The van der Waals surface area contributed by atoms with E-state index in [1.165, 1.54) is 29.1 Å². The lowest BCUT2D eigenvalue weighted by molar-refractivity contribution is -0.128. The molecule has 0 radical (unpaired) electrons. The van der Waals surface area contributed by atoms with Crippen molar-refractivity contribution in [3.8, 4) is 12.1 Å². The predicted octanol–water partition coefficient (Wildman–Crippen LogP) is 5.65. The van der Waals surface area contributed by atoms with Gasteiger partial charge in [0.25, 0.3) is 0 Å². The number of aromatic nitrogens is 2. The summed E-state index contributed by atoms with van der Waals surface area (Å²) in [6.45, 7) is 9.01. The van der Waals surface area contributed by atoms with Gasteiger partial charge in [0, 0.05) is 55.4 Å². The molecule has 1 aliphatic carbocycles. The van der Waals surface area contributed by atoms with E-state index in [9.17, 15) is 10.1 Å². The van der Waals surface area contributed by atoms with E-state index in [1.807, 2.05) is 12.1 Å². The Kier molecular flexibility index (Phi) is 8.99. The second kappa shape index (κ2) is 13.3. The maximum atomic E-state index is 12.6. The van der Waals surface area contributed by atoms with E-state index >= 15 is 0 Å². The Labute approximate surface area is 282 Å². The first kappa shape index (κ1) is 31.7. The summed E-state index contributed by atoms with van der Waals surface area (Å²) >= 11 is 6.71. The summed E-state index contributed by atoms with van der Waals surface area (Å²) in [6.07, 6.45) is 8.97. The monoisotopic (exact) mass is 653 g/mol. The van der Waals surface area contributed by atoms with E-state index in [0.29, 0.717) is 38.3 Å². The average Bonchev–Trinajstić information content (AvgIpc) is 3.51. The number of likely N-dealkylation sites (tertiary alicyclic amines) is 1. The second-order valence-corrected chi connectivity index (χ2v) is 14.2. The zero-order chi connectivity index (χ0) is 32.5. The standard InChI is InChI=1S/C37H44ClN7O2/c1-3-33(46)45-22-21-44(24-27(45)13-17-39)35-29-12-14-37(23-31(29)40-36(41-35)47-25-28-9-6-18-42(28)2)15-19-43(20-16-37)32-11-5-8-26-7-4-10-30(38)34(26)32/h3-5,7-8,10-11,27-28H,1,6,9,12-16,18-25H2,2H3/t27-,28-/m0/s1. The van der Waals surface area contributed by atoms with Crippen LogP contribution in [0, 0.1) is 16.7 Å². The van der Waals surface area contributed by atoms with Crippen LogP contribution in [0.4, 0.5) is 11.5 Å². The Balaban J connectivity index is 1.15. The molecule has 3 aromatic rings. The molecule has 0 saturated carbocycles. The molecule has 3 saturated heterocycles. The lowest BCUT2D eigenvalue weighted by atomic mass is 9.67. The van der Waals surface area contributed by atoms with Gasteiger partial charge < -0.3 is 24.3 Å². The minimum Gasteiger partial charge on any atom is -0.462 e. The van der Waals surface area contributed by atoms with Gasteiger partial charge in [-0.05, 0) is 87.5 Å². The normalized spacial score (nSPS) is 22.7. The number of ether oxygens (including phenoxy) is 1. The number of piperazine rings is 1. The summed E-state index contributed by atoms with van der Waals surface area (Å²) in [5, 5.41) is 12.7. The van der Waals surface area contributed by atoms with Crippen LogP contribution in [0.25, 0.3) is 10.8 Å². The Hall–Kier alpha value is -3.87. The van der Waals surface area contributed by atoms with Crippen LogP contribution in [0.15, 0.2) is 49.1 Å². The van der Waals surface area contributed by atoms with E-state index in [4.69, 9.17) is 26.3 Å². The van der Waals surface area contributed by atoms with Gasteiger partial charge in [0.05, 0.1) is 29.2 Å². The third-order valence-corrected chi connectivity index (χ3v) is 11.5. The molecule has 2 atom stereocenters. The Bertz CT molecular complexity index is 1690. The highest BCUT2D eigenvalue weighted by Gasteiger charge is 2.41. The van der Waals surface area contributed by atoms with Crippen LogP contribution in [0.5, 0.6) is 6.01 Å². The quantitative estimate of drug-likeness (QED) is 0.303. The van der Waals surface area contributed by atoms with Gasteiger partial charge in [-0.2, -0.15) is 15.2 Å². The lowest BCUT2D eigenvalue weighted by Gasteiger charge is -2.46. The Morgan fingerprint density at radius 3 is 2.64 bits per heavy atom. The van der Waals surface area contributed by atoms with Crippen LogP contribution < -0.4 is 14.5 Å². The Morgan fingerprint density at radius 2 is 1.89 bits per heavy atom. The number of benzene rings is 2. The van der Waals surface area contributed by atoms with Gasteiger partial charge in [-0.25, -0.2) is 0 Å². The molecule has 1 amide bonds. The molecule has 4 aliphatic rings. The van der Waals surface area contributed by atoms with Gasteiger partial charge in [0.2, 0.25) is 5.91 Å². The molecule has 2 aromatic carbocycles. The highest BCUT2D eigenvalue weighted by atomic mass is 35.5. The van der Waals surface area contributed by atoms with Gasteiger partial charge >= 0.3 is 6.01 Å². The molecular formula is C37H44ClN7O2. The first-order valence-electron chi connectivity index (χ1n) is 17.1. The minimum absolute atomic E-state index is 0.127. The number of nitriles is 1. The number of carbonyl (C=O) groups excluding carboxylic acids is 1. The number of hydrogen-bond acceptors (Lipinski definition) is 8. The third-order valence-electron chi connectivity index (χ3n) is 11.1. The molecule has 9 nitrogen and oxygen atoms in total. The van der Waals surface area contributed by atoms with Crippen LogP contribution in [0.2, 0.25) is 5.02 Å². The largest absolute Gasteiger partial charge is 0.462 e. The van der Waals surface area contributed by atoms with Crippen molar-refractivity contribution in [2.24, 2.45) is 5.41 Å². The number of anilines is 2. The molecule has 0 unspecified atom stereocenters. The zero-order valence-electron chi connectivity index (χ0n) is 27.3. The molecule has 47 heavy (non-hydrogen) atoms. The maximum Gasteiger partial charge on any atom is 0.318 e. The highest BCUT2D eigenvalue weighted by Crippen LogP contribution is 2.47. The number of halogens is 1. The van der Waals surface area contributed by atoms with Gasteiger partial charge in [-0.1, -0.05) is 42.4 Å². The lowest BCUT2D eigenvalue weighted by Crippen LogP contribution is -2.55. The fraction of sp³-hybridized carbons (Fsp3) is 0.514. The molecule has 3 aliphatic heterocycles. The van der Waals surface area contributed by atoms with E-state index < -0.39 is 0 Å². The number of hydrogen-bond donors (Lipinski definition) is 0. The topological polar surface area (TPSA) is 88.8 Å². The second-order valence-electron chi connectivity index (χ2n) is 13.8. The number of likely N-dealkylation sites (N-methyl/N-ethyl adjacent to an activating group) is 1. The van der Waals surface area contributed by atoms with Gasteiger partial charge in [-0.3, -0.25) is 4.79 Å². The molecule has 1 aromatic heterocycles. The van der Waals surface area contributed by atoms with E-state index in [2.05, 4.69) is 58.7 Å². The van der Waals surface area contributed by atoms with Crippen LogP contribution >= 0.6 is 11.6 Å². The first-order chi connectivity index (χ1) is 22.9. The summed E-state index contributed by atoms with van der Waals surface area (Å²) in [7, 11) is 2.15. The number of rotatable bonds is 7. The van der Waals surface area contributed by atoms with Crippen molar-refractivity contribution in [1.82, 2.24) is 19.8 Å². The Morgan fingerprint density at radius 1 is 1.09 bits per heavy atom. The fourth-order valence-electron chi connectivity index (χ4n) is 8.34. The van der Waals surface area contributed by atoms with Crippen molar-refractivity contribution < 1.29 is 9.53 Å². The SMILES string of the molecule is C=CC(=O)N1CCN(c2nc(OC[C@@H]3CCCN3C)nc3c2CCC2(CCN(c4cccc5cccc(Cl)c45)CC2)C3)C[C@@H]1CC#N. The first-order valence-corrected chi connectivity index (χ1v) is 17.5. The molecule has 1 spiro atoms. The molecule has 10 heteroatoms. The van der Waals surface area contributed by atoms with E-state index in [0.717, 1.165) is 80.1 Å². The fourth-order valence-corrected chi connectivity index (χ4v) is 8.62. The third kappa shape index (κ3) is 6.26. The van der Waals surface area contributed by atoms with Crippen molar-refractivity contribution >= 4 is 39.8 Å². The number of piperidine rings is 1. The van der Waals surface area contributed by atoms with E-state index in [-0.39, 0.29) is 23.8 Å². The summed E-state index contributed by atoms with van der Waals surface area (Å²) in [5.74, 6) is 0.787. The van der Waals surface area contributed by atoms with E-state index in [1.54, 1.807) is 4.90 Å². The summed E-state index contributed by atoms with van der Waals surface area (Å²) in [4.78, 5) is 31.7. The number of nitrogens with zero attached hydrogens (tertiary/aromatic N) is 7. The molecule has 4 heterocycles. The molecule has 0 bridgehead atoms. The van der Waals surface area contributed by atoms with Crippen LogP contribution in [0.1, 0.15) is 49.8 Å². The van der Waals surface area contributed by atoms with Gasteiger partial charge in [0.1, 0.15) is 12.4 Å². The molecule has 0 N–H and O–H groups in total. The zero-order valence-corrected chi connectivity index (χ0v) is 28.1. The summed E-state index contributed by atoms with van der Waals surface area (Å²) in [5.41, 5.74) is 3.69. The summed E-state index contributed by atoms with van der Waals surface area (Å²) < 4.78 is 6.37. The van der Waals surface area contributed by atoms with Crippen LogP contribution in [-0.2, 0) is 17.6 Å². The maximum absolute atomic E-state index is 12.6.